The van der Waals surface area contributed by atoms with Crippen molar-refractivity contribution in [3.8, 4) is 0 Å². The molecule has 1 aromatic carbocycles. The van der Waals surface area contributed by atoms with Crippen molar-refractivity contribution in [2.45, 2.75) is 38.3 Å². The minimum atomic E-state index is -0.832. The summed E-state index contributed by atoms with van der Waals surface area (Å²) >= 11 is 0. The van der Waals surface area contributed by atoms with Crippen LogP contribution in [0.2, 0.25) is 0 Å². The Kier molecular flexibility index (Phi) is 6.65. The molecule has 2 aromatic rings. The number of rotatable bonds is 5. The van der Waals surface area contributed by atoms with Gasteiger partial charge < -0.3 is 14.6 Å². The lowest BCUT2D eigenvalue weighted by molar-refractivity contribution is -0.127. The molecular weight excluding hydrogens is 404 g/mol. The van der Waals surface area contributed by atoms with E-state index in [1.807, 2.05) is 0 Å². The quantitative estimate of drug-likeness (QED) is 0.790. The van der Waals surface area contributed by atoms with Crippen molar-refractivity contribution in [1.29, 1.82) is 0 Å². The Morgan fingerprint density at radius 2 is 1.74 bits per heavy atom. The zero-order chi connectivity index (χ0) is 21.8. The zero-order valence-electron chi connectivity index (χ0n) is 17.4. The van der Waals surface area contributed by atoms with E-state index < -0.39 is 11.6 Å². The fourth-order valence-corrected chi connectivity index (χ4v) is 4.36. The molecule has 1 N–H and O–H groups in total. The normalized spacial score (nSPS) is 18.8. The number of benzene rings is 1. The van der Waals surface area contributed by atoms with Crippen LogP contribution in [0.5, 0.6) is 0 Å². The lowest BCUT2D eigenvalue weighted by atomic mass is 9.94. The summed E-state index contributed by atoms with van der Waals surface area (Å²) in [6, 6.07) is 5.79. The predicted octanol–water partition coefficient (Wildman–Crippen LogP) is 3.19. The summed E-state index contributed by atoms with van der Waals surface area (Å²) in [7, 11) is 0. The van der Waals surface area contributed by atoms with Crippen molar-refractivity contribution in [3.05, 3.63) is 59.6 Å². The second-order valence-corrected chi connectivity index (χ2v) is 8.39. The average molecular weight is 431 g/mol. The summed E-state index contributed by atoms with van der Waals surface area (Å²) in [6.07, 6.45) is 5.89. The SMILES string of the molecule is O=C(NC1CCN(Cc2ccc(F)c(F)c2)CC1)C1CCN(C(=O)c2ccoc2)CC1. The number of carbonyl (C=O) groups is 2. The smallest absolute Gasteiger partial charge is 0.257 e. The molecule has 4 rings (SSSR count). The molecule has 0 bridgehead atoms. The molecule has 3 heterocycles. The van der Waals surface area contributed by atoms with E-state index in [1.165, 1.54) is 18.6 Å². The first-order chi connectivity index (χ1) is 15.0. The van der Waals surface area contributed by atoms with Crippen LogP contribution in [-0.2, 0) is 11.3 Å². The first-order valence-electron chi connectivity index (χ1n) is 10.8. The molecule has 0 aliphatic carbocycles. The molecule has 2 aliphatic rings. The summed E-state index contributed by atoms with van der Waals surface area (Å²) in [5.74, 6) is -1.72. The monoisotopic (exact) mass is 431 g/mol. The number of hydrogen-bond donors (Lipinski definition) is 1. The fourth-order valence-electron chi connectivity index (χ4n) is 4.36. The van der Waals surface area contributed by atoms with E-state index in [9.17, 15) is 18.4 Å². The van der Waals surface area contributed by atoms with Gasteiger partial charge in [0, 0.05) is 44.7 Å². The average Bonchev–Trinajstić information content (AvgIpc) is 3.32. The lowest BCUT2D eigenvalue weighted by Gasteiger charge is -2.35. The highest BCUT2D eigenvalue weighted by Gasteiger charge is 2.30. The summed E-state index contributed by atoms with van der Waals surface area (Å²) < 4.78 is 31.4. The Morgan fingerprint density at radius 3 is 2.39 bits per heavy atom. The Labute approximate surface area is 180 Å². The molecule has 0 saturated carbocycles. The number of halogens is 2. The minimum absolute atomic E-state index is 0.0546. The van der Waals surface area contributed by atoms with Crippen molar-refractivity contribution in [2.24, 2.45) is 5.92 Å². The standard InChI is InChI=1S/C23H27F2N3O3/c24-20-2-1-16(13-21(20)25)14-27-8-5-19(6-9-27)26-22(29)17-3-10-28(11-4-17)23(30)18-7-12-31-15-18/h1-2,7,12-13,15,17,19H,3-6,8-11,14H2,(H,26,29). The molecule has 0 unspecified atom stereocenters. The van der Waals surface area contributed by atoms with Crippen LogP contribution in [-0.4, -0.2) is 53.8 Å². The lowest BCUT2D eigenvalue weighted by Crippen LogP contribution is -2.48. The van der Waals surface area contributed by atoms with Crippen LogP contribution >= 0.6 is 0 Å². The third kappa shape index (κ3) is 5.31. The number of furan rings is 1. The second kappa shape index (κ2) is 9.60. The molecule has 1 aromatic heterocycles. The van der Waals surface area contributed by atoms with Gasteiger partial charge >= 0.3 is 0 Å². The number of likely N-dealkylation sites (tertiary alicyclic amines) is 2. The van der Waals surface area contributed by atoms with Crippen LogP contribution in [0, 0.1) is 17.6 Å². The van der Waals surface area contributed by atoms with Gasteiger partial charge in [-0.05, 0) is 49.4 Å². The van der Waals surface area contributed by atoms with Crippen LogP contribution in [0.4, 0.5) is 8.78 Å². The third-order valence-electron chi connectivity index (χ3n) is 6.25. The fraction of sp³-hybridized carbons (Fsp3) is 0.478. The molecule has 2 aliphatic heterocycles. The number of amides is 2. The molecule has 2 fully saturated rings. The van der Waals surface area contributed by atoms with Gasteiger partial charge in [-0.3, -0.25) is 14.5 Å². The van der Waals surface area contributed by atoms with Crippen molar-refractivity contribution < 1.29 is 22.8 Å². The van der Waals surface area contributed by atoms with E-state index in [0.29, 0.717) is 38.0 Å². The van der Waals surface area contributed by atoms with Crippen molar-refractivity contribution in [2.75, 3.05) is 26.2 Å². The number of piperidine rings is 2. The summed E-state index contributed by atoms with van der Waals surface area (Å²) in [4.78, 5) is 29.0. The number of hydrogen-bond acceptors (Lipinski definition) is 4. The maximum absolute atomic E-state index is 13.4. The molecule has 31 heavy (non-hydrogen) atoms. The van der Waals surface area contributed by atoms with Gasteiger partial charge in [0.2, 0.25) is 5.91 Å². The first-order valence-corrected chi connectivity index (χ1v) is 10.8. The molecule has 6 nitrogen and oxygen atoms in total. The molecule has 2 saturated heterocycles. The minimum Gasteiger partial charge on any atom is -0.472 e. The van der Waals surface area contributed by atoms with E-state index in [-0.39, 0.29) is 23.8 Å². The zero-order valence-corrected chi connectivity index (χ0v) is 17.4. The van der Waals surface area contributed by atoms with Gasteiger partial charge in [0.05, 0.1) is 11.8 Å². The van der Waals surface area contributed by atoms with Crippen molar-refractivity contribution in [3.63, 3.8) is 0 Å². The topological polar surface area (TPSA) is 65.8 Å². The van der Waals surface area contributed by atoms with E-state index in [4.69, 9.17) is 4.42 Å². The van der Waals surface area contributed by atoms with E-state index in [2.05, 4.69) is 10.2 Å². The third-order valence-corrected chi connectivity index (χ3v) is 6.25. The van der Waals surface area contributed by atoms with Crippen molar-refractivity contribution in [1.82, 2.24) is 15.1 Å². The first kappa shape index (κ1) is 21.5. The van der Waals surface area contributed by atoms with E-state index in [1.54, 1.807) is 17.0 Å². The Morgan fingerprint density at radius 1 is 1.00 bits per heavy atom. The van der Waals surface area contributed by atoms with E-state index >= 15 is 0 Å². The van der Waals surface area contributed by atoms with Gasteiger partial charge in [-0.1, -0.05) is 6.07 Å². The van der Waals surface area contributed by atoms with Gasteiger partial charge in [-0.25, -0.2) is 8.78 Å². The maximum Gasteiger partial charge on any atom is 0.257 e. The van der Waals surface area contributed by atoms with Gasteiger partial charge in [0.1, 0.15) is 6.26 Å². The van der Waals surface area contributed by atoms with Gasteiger partial charge in [-0.15, -0.1) is 0 Å². The van der Waals surface area contributed by atoms with Crippen LogP contribution in [0.25, 0.3) is 0 Å². The van der Waals surface area contributed by atoms with Crippen LogP contribution < -0.4 is 5.32 Å². The molecule has 2 amide bonds. The van der Waals surface area contributed by atoms with Crippen LogP contribution in [0.1, 0.15) is 41.6 Å². The Bertz CT molecular complexity index is 903. The van der Waals surface area contributed by atoms with Crippen LogP contribution in [0.15, 0.2) is 41.2 Å². The highest BCUT2D eigenvalue weighted by Crippen LogP contribution is 2.21. The van der Waals surface area contributed by atoms with Crippen molar-refractivity contribution >= 4 is 11.8 Å². The second-order valence-electron chi connectivity index (χ2n) is 8.39. The summed E-state index contributed by atoms with van der Waals surface area (Å²) in [5.41, 5.74) is 1.29. The molecule has 8 heteroatoms. The molecule has 166 valence electrons. The summed E-state index contributed by atoms with van der Waals surface area (Å²) in [6.45, 7) is 3.29. The Balaban J connectivity index is 1.19. The number of carbonyl (C=O) groups excluding carboxylic acids is 2. The van der Waals surface area contributed by atoms with E-state index in [0.717, 1.165) is 37.6 Å². The maximum atomic E-state index is 13.4. The van der Waals surface area contributed by atoms with Gasteiger partial charge in [0.25, 0.3) is 5.91 Å². The number of nitrogens with zero attached hydrogens (tertiary/aromatic N) is 2. The van der Waals surface area contributed by atoms with Gasteiger partial charge in [-0.2, -0.15) is 0 Å². The Hall–Kier alpha value is -2.74. The highest BCUT2D eigenvalue weighted by molar-refractivity contribution is 5.94. The summed E-state index contributed by atoms with van der Waals surface area (Å²) in [5, 5.41) is 3.17. The molecular formula is C23H27F2N3O3. The highest BCUT2D eigenvalue weighted by atomic mass is 19.2. The van der Waals surface area contributed by atoms with Crippen LogP contribution in [0.3, 0.4) is 0 Å². The number of nitrogens with one attached hydrogen (secondary N) is 1. The predicted molar refractivity (Wildman–Crippen MR) is 110 cm³/mol. The molecule has 0 radical (unpaired) electrons. The molecule has 0 spiro atoms. The molecule has 0 atom stereocenters. The largest absolute Gasteiger partial charge is 0.472 e. The van der Waals surface area contributed by atoms with Gasteiger partial charge in [0.15, 0.2) is 11.6 Å².